The molecule has 4 nitrogen and oxygen atoms in total. The largest absolute Gasteiger partial charge is 0.496 e. The van der Waals surface area contributed by atoms with E-state index in [-0.39, 0.29) is 5.57 Å². The van der Waals surface area contributed by atoms with Crippen molar-refractivity contribution in [1.29, 1.82) is 5.26 Å². The second-order valence-corrected chi connectivity index (χ2v) is 7.00. The van der Waals surface area contributed by atoms with Crippen LogP contribution in [-0.2, 0) is 11.2 Å². The first-order valence-electron chi connectivity index (χ1n) is 6.97. The Morgan fingerprint density at radius 2 is 2.12 bits per heavy atom. The fourth-order valence-corrected chi connectivity index (χ4v) is 3.47. The van der Waals surface area contributed by atoms with Gasteiger partial charge < -0.3 is 10.5 Å². The Balaban J connectivity index is 2.47. The van der Waals surface area contributed by atoms with Crippen LogP contribution in [0.25, 0.3) is 6.08 Å². The van der Waals surface area contributed by atoms with Crippen molar-refractivity contribution in [2.24, 2.45) is 5.73 Å². The summed E-state index contributed by atoms with van der Waals surface area (Å²) in [4.78, 5) is 11.2. The third-order valence-corrected chi connectivity index (χ3v) is 5.15. The Morgan fingerprint density at radius 1 is 1.42 bits per heavy atom. The molecule has 0 spiro atoms. The summed E-state index contributed by atoms with van der Waals surface area (Å²) < 4.78 is 7.52. The van der Waals surface area contributed by atoms with Crippen molar-refractivity contribution in [3.63, 3.8) is 0 Å². The molecule has 122 valence electrons. The van der Waals surface area contributed by atoms with E-state index in [0.717, 1.165) is 19.2 Å². The van der Waals surface area contributed by atoms with E-state index >= 15 is 0 Å². The second kappa shape index (κ2) is 8.31. The van der Waals surface area contributed by atoms with Gasteiger partial charge in [-0.1, -0.05) is 34.1 Å². The average molecular weight is 497 g/mol. The Labute approximate surface area is 162 Å². The number of amides is 1. The highest BCUT2D eigenvalue weighted by Crippen LogP contribution is 2.31. The molecule has 0 aliphatic heterocycles. The first-order valence-corrected chi connectivity index (χ1v) is 8.84. The second-order valence-electron chi connectivity index (χ2n) is 4.99. The number of benzene rings is 2. The molecule has 0 heterocycles. The standard InChI is InChI=1S/C18H14BrIN2O2/c1-24-17-8-11(6-13(10-21)18(22)23)7-16(20)14(17)9-12-4-2-3-5-15(12)19/h2-8H,9H2,1H3,(H2,22,23)/b13-6+. The topological polar surface area (TPSA) is 76.1 Å². The monoisotopic (exact) mass is 496 g/mol. The summed E-state index contributed by atoms with van der Waals surface area (Å²) in [5, 5.41) is 8.98. The molecule has 2 rings (SSSR count). The number of methoxy groups -OCH3 is 1. The van der Waals surface area contributed by atoms with Crippen LogP contribution in [0, 0.1) is 14.9 Å². The van der Waals surface area contributed by atoms with Crippen molar-refractivity contribution in [2.75, 3.05) is 7.11 Å². The van der Waals surface area contributed by atoms with Gasteiger partial charge in [0.2, 0.25) is 0 Å². The number of halogens is 2. The molecule has 0 aliphatic carbocycles. The third kappa shape index (κ3) is 4.36. The minimum Gasteiger partial charge on any atom is -0.496 e. The van der Waals surface area contributed by atoms with Gasteiger partial charge in [-0.3, -0.25) is 4.79 Å². The number of carbonyl (C=O) groups excluding carboxylic acids is 1. The number of nitrogens with two attached hydrogens (primary N) is 1. The quantitative estimate of drug-likeness (QED) is 0.385. The van der Waals surface area contributed by atoms with E-state index in [9.17, 15) is 4.79 Å². The van der Waals surface area contributed by atoms with E-state index in [1.165, 1.54) is 6.08 Å². The van der Waals surface area contributed by atoms with E-state index in [4.69, 9.17) is 15.7 Å². The van der Waals surface area contributed by atoms with Crippen molar-refractivity contribution >= 4 is 50.5 Å². The number of rotatable bonds is 5. The van der Waals surface area contributed by atoms with Gasteiger partial charge >= 0.3 is 0 Å². The molecule has 0 bridgehead atoms. The van der Waals surface area contributed by atoms with Gasteiger partial charge in [-0.2, -0.15) is 5.26 Å². The predicted octanol–water partition coefficient (Wildman–Crippen LogP) is 4.05. The van der Waals surface area contributed by atoms with Crippen molar-refractivity contribution in [3.8, 4) is 11.8 Å². The van der Waals surface area contributed by atoms with Crippen molar-refractivity contribution < 1.29 is 9.53 Å². The lowest BCUT2D eigenvalue weighted by atomic mass is 10.0. The maximum Gasteiger partial charge on any atom is 0.259 e. The predicted molar refractivity (Wildman–Crippen MR) is 105 cm³/mol. The van der Waals surface area contributed by atoms with E-state index in [2.05, 4.69) is 38.5 Å². The number of primary amides is 1. The van der Waals surface area contributed by atoms with Crippen LogP contribution in [0.2, 0.25) is 0 Å². The van der Waals surface area contributed by atoms with Crippen LogP contribution in [0.15, 0.2) is 46.4 Å². The van der Waals surface area contributed by atoms with E-state index < -0.39 is 5.91 Å². The Bertz CT molecular complexity index is 857. The Hall–Kier alpha value is -1.85. The number of carbonyl (C=O) groups is 1. The molecule has 1 amide bonds. The lowest BCUT2D eigenvalue weighted by Crippen LogP contribution is -2.12. The Morgan fingerprint density at radius 3 is 2.71 bits per heavy atom. The molecule has 0 unspecified atom stereocenters. The van der Waals surface area contributed by atoms with Gasteiger partial charge in [0.15, 0.2) is 0 Å². The molecule has 0 aliphatic rings. The molecule has 0 atom stereocenters. The highest BCUT2D eigenvalue weighted by Gasteiger charge is 2.13. The molecule has 24 heavy (non-hydrogen) atoms. The zero-order valence-corrected chi connectivity index (χ0v) is 16.6. The molecule has 0 saturated heterocycles. The number of nitrogens with zero attached hydrogens (tertiary/aromatic N) is 1. The van der Waals surface area contributed by atoms with Crippen LogP contribution in [0.5, 0.6) is 5.75 Å². The molecule has 0 saturated carbocycles. The van der Waals surface area contributed by atoms with Crippen LogP contribution in [0.1, 0.15) is 16.7 Å². The maximum absolute atomic E-state index is 11.2. The minimum absolute atomic E-state index is 0.0913. The molecule has 0 fully saturated rings. The van der Waals surface area contributed by atoms with Gasteiger partial charge in [0.25, 0.3) is 5.91 Å². The number of hydrogen-bond acceptors (Lipinski definition) is 3. The first kappa shape index (κ1) is 18.5. The summed E-state index contributed by atoms with van der Waals surface area (Å²) in [7, 11) is 1.60. The zero-order valence-electron chi connectivity index (χ0n) is 12.8. The fraction of sp³-hybridized carbons (Fsp3) is 0.111. The summed E-state index contributed by atoms with van der Waals surface area (Å²) in [5.74, 6) is -0.0468. The SMILES string of the molecule is COc1cc(/C=C(\C#N)C(N)=O)cc(I)c1Cc1ccccc1Br. The van der Waals surface area contributed by atoms with Gasteiger partial charge in [0.05, 0.1) is 7.11 Å². The summed E-state index contributed by atoms with van der Waals surface area (Å²) in [6.45, 7) is 0. The van der Waals surface area contributed by atoms with E-state index in [0.29, 0.717) is 17.7 Å². The van der Waals surface area contributed by atoms with Crippen LogP contribution in [0.3, 0.4) is 0 Å². The summed E-state index contributed by atoms with van der Waals surface area (Å²) in [6, 6.07) is 13.5. The summed E-state index contributed by atoms with van der Waals surface area (Å²) in [5.41, 5.74) is 7.98. The lowest BCUT2D eigenvalue weighted by molar-refractivity contribution is -0.114. The van der Waals surface area contributed by atoms with Crippen LogP contribution >= 0.6 is 38.5 Å². The van der Waals surface area contributed by atoms with Crippen LogP contribution in [-0.4, -0.2) is 13.0 Å². The maximum atomic E-state index is 11.2. The lowest BCUT2D eigenvalue weighted by Gasteiger charge is -2.13. The van der Waals surface area contributed by atoms with Gasteiger partial charge in [-0.25, -0.2) is 0 Å². The van der Waals surface area contributed by atoms with Gasteiger partial charge in [-0.05, 0) is 58.0 Å². The highest BCUT2D eigenvalue weighted by molar-refractivity contribution is 14.1. The van der Waals surface area contributed by atoms with E-state index in [1.807, 2.05) is 30.3 Å². The van der Waals surface area contributed by atoms with Gasteiger partial charge in [0.1, 0.15) is 17.4 Å². The molecule has 0 aromatic heterocycles. The molecular weight excluding hydrogens is 483 g/mol. The van der Waals surface area contributed by atoms with Crippen LogP contribution < -0.4 is 10.5 Å². The van der Waals surface area contributed by atoms with Crippen molar-refractivity contribution in [1.82, 2.24) is 0 Å². The van der Waals surface area contributed by atoms with Crippen molar-refractivity contribution in [2.45, 2.75) is 6.42 Å². The van der Waals surface area contributed by atoms with E-state index in [1.54, 1.807) is 19.2 Å². The smallest absolute Gasteiger partial charge is 0.259 e. The normalized spacial score (nSPS) is 11.0. The molecule has 2 N–H and O–H groups in total. The van der Waals surface area contributed by atoms with Crippen molar-refractivity contribution in [3.05, 3.63) is 66.7 Å². The summed E-state index contributed by atoms with van der Waals surface area (Å²) in [6.07, 6.45) is 2.17. The molecule has 6 heteroatoms. The first-order chi connectivity index (χ1) is 11.5. The third-order valence-electron chi connectivity index (χ3n) is 3.42. The number of ether oxygens (including phenoxy) is 1. The molecule has 2 aromatic carbocycles. The zero-order chi connectivity index (χ0) is 17.7. The average Bonchev–Trinajstić information content (AvgIpc) is 2.56. The van der Waals surface area contributed by atoms with Gasteiger partial charge in [0, 0.05) is 20.0 Å². The molecular formula is C18H14BrIN2O2. The van der Waals surface area contributed by atoms with Crippen LogP contribution in [0.4, 0.5) is 0 Å². The van der Waals surface area contributed by atoms with Gasteiger partial charge in [-0.15, -0.1) is 0 Å². The summed E-state index contributed by atoms with van der Waals surface area (Å²) >= 11 is 5.78. The molecule has 0 radical (unpaired) electrons. The highest BCUT2D eigenvalue weighted by atomic mass is 127. The fourth-order valence-electron chi connectivity index (χ4n) is 2.23. The minimum atomic E-state index is -0.747. The Kier molecular flexibility index (Phi) is 6.40. The number of hydrogen-bond donors (Lipinski definition) is 1. The molecule has 2 aromatic rings. The number of nitriles is 1.